The number of hydroxylamine groups is 2. The first kappa shape index (κ1) is 14.5. The van der Waals surface area contributed by atoms with Crippen LogP contribution >= 0.6 is 0 Å². The van der Waals surface area contributed by atoms with E-state index in [9.17, 15) is 10.0 Å². The molecule has 4 heteroatoms. The molecule has 1 atom stereocenters. The van der Waals surface area contributed by atoms with E-state index in [1.165, 1.54) is 0 Å². The van der Waals surface area contributed by atoms with Gasteiger partial charge in [-0.25, -0.2) is 4.79 Å². The highest BCUT2D eigenvalue weighted by Crippen LogP contribution is 2.11. The average molecular weight is 251 g/mol. The topological polar surface area (TPSA) is 49.8 Å². The molecule has 0 aliphatic heterocycles. The summed E-state index contributed by atoms with van der Waals surface area (Å²) < 4.78 is 5.03. The highest BCUT2D eigenvalue weighted by molar-refractivity contribution is 5.66. The molecule has 0 spiro atoms. The van der Waals surface area contributed by atoms with Crippen LogP contribution in [-0.4, -0.2) is 22.4 Å². The molecule has 100 valence electrons. The Morgan fingerprint density at radius 1 is 1.28 bits per heavy atom. The number of nitrogens with zero attached hydrogens (tertiary/aromatic N) is 1. The van der Waals surface area contributed by atoms with Gasteiger partial charge in [0.1, 0.15) is 6.61 Å². The zero-order valence-corrected chi connectivity index (χ0v) is 11.2. The Balaban J connectivity index is 2.40. The van der Waals surface area contributed by atoms with Crippen molar-refractivity contribution < 1.29 is 14.7 Å². The van der Waals surface area contributed by atoms with Gasteiger partial charge in [0, 0.05) is 0 Å². The summed E-state index contributed by atoms with van der Waals surface area (Å²) in [6, 6.07) is 9.14. The van der Waals surface area contributed by atoms with E-state index in [-0.39, 0.29) is 12.6 Å². The lowest BCUT2D eigenvalue weighted by Gasteiger charge is -2.23. The standard InChI is InChI=1S/C14H21NO3/c1-11(2)9-12(3)15(17)14(16)18-10-13-7-5-4-6-8-13/h4-8,11-12,17H,9-10H2,1-3H3. The third-order valence-corrected chi connectivity index (χ3v) is 2.62. The van der Waals surface area contributed by atoms with E-state index in [1.807, 2.05) is 44.2 Å². The number of ether oxygens (including phenoxy) is 1. The maximum Gasteiger partial charge on any atom is 0.434 e. The second-order valence-electron chi connectivity index (χ2n) is 4.86. The van der Waals surface area contributed by atoms with Crippen LogP contribution in [0.2, 0.25) is 0 Å². The second kappa shape index (κ2) is 7.01. The van der Waals surface area contributed by atoms with Crippen LogP contribution in [-0.2, 0) is 11.3 Å². The Kier molecular flexibility index (Phi) is 5.65. The number of benzene rings is 1. The third kappa shape index (κ3) is 4.75. The van der Waals surface area contributed by atoms with Crippen LogP contribution in [0, 0.1) is 5.92 Å². The fourth-order valence-electron chi connectivity index (χ4n) is 1.75. The Bertz CT molecular complexity index is 365. The van der Waals surface area contributed by atoms with Gasteiger partial charge in [-0.2, -0.15) is 5.06 Å². The number of hydrogen-bond acceptors (Lipinski definition) is 3. The van der Waals surface area contributed by atoms with Crippen LogP contribution in [0.15, 0.2) is 30.3 Å². The fraction of sp³-hybridized carbons (Fsp3) is 0.500. The summed E-state index contributed by atoms with van der Waals surface area (Å²) in [5, 5.41) is 10.3. The van der Waals surface area contributed by atoms with Gasteiger partial charge >= 0.3 is 6.09 Å². The molecule has 1 rings (SSSR count). The summed E-state index contributed by atoms with van der Waals surface area (Å²) in [5.74, 6) is 0.413. The number of carbonyl (C=O) groups excluding carboxylic acids is 1. The highest BCUT2D eigenvalue weighted by atomic mass is 16.6. The van der Waals surface area contributed by atoms with E-state index in [1.54, 1.807) is 6.92 Å². The van der Waals surface area contributed by atoms with Gasteiger partial charge in [0.15, 0.2) is 0 Å². The Morgan fingerprint density at radius 3 is 2.44 bits per heavy atom. The molecule has 1 N–H and O–H groups in total. The van der Waals surface area contributed by atoms with E-state index < -0.39 is 6.09 Å². The summed E-state index contributed by atoms with van der Waals surface area (Å²) in [6.07, 6.45) is 0.0312. The van der Waals surface area contributed by atoms with Crippen molar-refractivity contribution in [2.24, 2.45) is 5.92 Å². The minimum absolute atomic E-state index is 0.172. The molecule has 1 aromatic carbocycles. The molecular weight excluding hydrogens is 230 g/mol. The van der Waals surface area contributed by atoms with Crippen LogP contribution in [0.4, 0.5) is 4.79 Å². The molecule has 0 radical (unpaired) electrons. The fourth-order valence-corrected chi connectivity index (χ4v) is 1.75. The van der Waals surface area contributed by atoms with E-state index in [0.29, 0.717) is 11.0 Å². The molecule has 1 unspecified atom stereocenters. The lowest BCUT2D eigenvalue weighted by atomic mass is 10.1. The Morgan fingerprint density at radius 2 is 1.89 bits per heavy atom. The lowest BCUT2D eigenvalue weighted by molar-refractivity contribution is -0.105. The van der Waals surface area contributed by atoms with Gasteiger partial charge in [-0.05, 0) is 24.8 Å². The van der Waals surface area contributed by atoms with Crippen LogP contribution in [0.3, 0.4) is 0 Å². The smallest absolute Gasteiger partial charge is 0.434 e. The van der Waals surface area contributed by atoms with Crippen molar-refractivity contribution in [2.75, 3.05) is 0 Å². The van der Waals surface area contributed by atoms with Gasteiger partial charge in [0.2, 0.25) is 0 Å². The monoisotopic (exact) mass is 251 g/mol. The predicted octanol–water partition coefficient (Wildman–Crippen LogP) is 3.45. The molecule has 0 bridgehead atoms. The van der Waals surface area contributed by atoms with Crippen molar-refractivity contribution in [2.45, 2.75) is 39.8 Å². The van der Waals surface area contributed by atoms with E-state index in [4.69, 9.17) is 4.74 Å². The molecule has 1 amide bonds. The molecule has 0 heterocycles. The zero-order valence-electron chi connectivity index (χ0n) is 11.2. The predicted molar refractivity (Wildman–Crippen MR) is 69.2 cm³/mol. The molecule has 0 aliphatic carbocycles. The molecule has 0 aromatic heterocycles. The van der Waals surface area contributed by atoms with Crippen molar-refractivity contribution in [3.8, 4) is 0 Å². The molecule has 0 saturated carbocycles. The third-order valence-electron chi connectivity index (χ3n) is 2.62. The molecule has 1 aromatic rings. The first-order chi connectivity index (χ1) is 8.50. The molecule has 0 aliphatic rings. The van der Waals surface area contributed by atoms with E-state index in [2.05, 4.69) is 0 Å². The summed E-state index contributed by atoms with van der Waals surface area (Å²) >= 11 is 0. The zero-order chi connectivity index (χ0) is 13.5. The van der Waals surface area contributed by atoms with Crippen LogP contribution in [0.1, 0.15) is 32.8 Å². The van der Waals surface area contributed by atoms with Crippen LogP contribution in [0.5, 0.6) is 0 Å². The Labute approximate surface area is 108 Å². The van der Waals surface area contributed by atoms with Crippen molar-refractivity contribution >= 4 is 6.09 Å². The highest BCUT2D eigenvalue weighted by Gasteiger charge is 2.20. The van der Waals surface area contributed by atoms with Crippen molar-refractivity contribution in [1.29, 1.82) is 0 Å². The maximum atomic E-state index is 11.6. The first-order valence-corrected chi connectivity index (χ1v) is 6.19. The van der Waals surface area contributed by atoms with Crippen LogP contribution < -0.4 is 0 Å². The number of amides is 1. The van der Waals surface area contributed by atoms with Crippen molar-refractivity contribution in [1.82, 2.24) is 5.06 Å². The number of carbonyl (C=O) groups is 1. The SMILES string of the molecule is CC(C)CC(C)N(O)C(=O)OCc1ccccc1. The lowest BCUT2D eigenvalue weighted by Crippen LogP contribution is -2.36. The summed E-state index contributed by atoms with van der Waals surface area (Å²) in [5.41, 5.74) is 0.899. The summed E-state index contributed by atoms with van der Waals surface area (Å²) in [4.78, 5) is 11.6. The second-order valence-corrected chi connectivity index (χ2v) is 4.86. The summed E-state index contributed by atoms with van der Waals surface area (Å²) in [6.45, 7) is 6.05. The van der Waals surface area contributed by atoms with E-state index in [0.717, 1.165) is 12.0 Å². The largest absolute Gasteiger partial charge is 0.443 e. The van der Waals surface area contributed by atoms with E-state index >= 15 is 0 Å². The minimum Gasteiger partial charge on any atom is -0.443 e. The van der Waals surface area contributed by atoms with Gasteiger partial charge in [0.25, 0.3) is 0 Å². The van der Waals surface area contributed by atoms with Gasteiger partial charge in [-0.1, -0.05) is 44.2 Å². The maximum absolute atomic E-state index is 11.6. The van der Waals surface area contributed by atoms with Gasteiger partial charge < -0.3 is 4.74 Å². The number of hydrogen-bond donors (Lipinski definition) is 1. The Hall–Kier alpha value is -1.55. The van der Waals surface area contributed by atoms with Crippen LogP contribution in [0.25, 0.3) is 0 Å². The quantitative estimate of drug-likeness (QED) is 0.644. The van der Waals surface area contributed by atoms with Gasteiger partial charge in [-0.3, -0.25) is 5.21 Å². The first-order valence-electron chi connectivity index (χ1n) is 6.19. The molecule has 18 heavy (non-hydrogen) atoms. The van der Waals surface area contributed by atoms with Crippen molar-refractivity contribution in [3.63, 3.8) is 0 Å². The number of rotatable bonds is 5. The van der Waals surface area contributed by atoms with Gasteiger partial charge in [-0.15, -0.1) is 0 Å². The minimum atomic E-state index is -0.702. The molecule has 0 saturated heterocycles. The van der Waals surface area contributed by atoms with Gasteiger partial charge in [0.05, 0.1) is 6.04 Å². The van der Waals surface area contributed by atoms with Crippen molar-refractivity contribution in [3.05, 3.63) is 35.9 Å². The molecule has 4 nitrogen and oxygen atoms in total. The normalized spacial score (nSPS) is 12.3. The summed E-state index contributed by atoms with van der Waals surface area (Å²) in [7, 11) is 0. The molecule has 0 fully saturated rings. The average Bonchev–Trinajstić information content (AvgIpc) is 2.35. The molecular formula is C14H21NO3.